The lowest BCUT2D eigenvalue weighted by Crippen LogP contribution is -2.38. The molecule has 0 aromatic rings. The van der Waals surface area contributed by atoms with Crippen molar-refractivity contribution in [3.05, 3.63) is 0 Å². The number of methoxy groups -OCH3 is 2. The lowest BCUT2D eigenvalue weighted by molar-refractivity contribution is -0.184. The Bertz CT molecular complexity index is 198. The molecule has 0 saturated heterocycles. The maximum atomic E-state index is 12.1. The van der Waals surface area contributed by atoms with E-state index in [1.807, 2.05) is 0 Å². The summed E-state index contributed by atoms with van der Waals surface area (Å²) >= 11 is 4.22. The third-order valence-electron chi connectivity index (χ3n) is 1.20. The van der Waals surface area contributed by atoms with Crippen molar-refractivity contribution in [1.82, 2.24) is 0 Å². The fourth-order valence-electron chi connectivity index (χ4n) is 0.599. The molecule has 0 aliphatic carbocycles. The van der Waals surface area contributed by atoms with Crippen LogP contribution >= 0.6 is 12.2 Å². The van der Waals surface area contributed by atoms with Crippen molar-refractivity contribution >= 4 is 23.2 Å². The summed E-state index contributed by atoms with van der Waals surface area (Å²) in [5.74, 6) is -3.96. The van der Waals surface area contributed by atoms with Crippen LogP contribution < -0.4 is 0 Å². The van der Waals surface area contributed by atoms with Crippen molar-refractivity contribution in [2.24, 2.45) is 5.92 Å². The van der Waals surface area contributed by atoms with E-state index in [4.69, 9.17) is 0 Å². The van der Waals surface area contributed by atoms with Crippen molar-refractivity contribution in [2.45, 2.75) is 6.18 Å². The number of rotatable bonds is 2. The summed E-state index contributed by atoms with van der Waals surface area (Å²) in [6, 6.07) is 0. The maximum Gasteiger partial charge on any atom is 0.410 e. The molecule has 0 amide bonds. The van der Waals surface area contributed by atoms with Gasteiger partial charge in [0.2, 0.25) is 5.92 Å². The molecule has 0 saturated carbocycles. The number of carbonyl (C=O) groups is 1. The molecule has 13 heavy (non-hydrogen) atoms. The SMILES string of the molecule is COC(=O)C(C(=S)OC)C(F)(F)F. The average molecular weight is 216 g/mol. The first-order chi connectivity index (χ1) is 5.84. The zero-order valence-electron chi connectivity index (χ0n) is 6.84. The Morgan fingerprint density at radius 3 is 2.00 bits per heavy atom. The van der Waals surface area contributed by atoms with E-state index >= 15 is 0 Å². The molecule has 0 bridgehead atoms. The average Bonchev–Trinajstić information content (AvgIpc) is 2.01. The molecule has 0 fully saturated rings. The van der Waals surface area contributed by atoms with Gasteiger partial charge in [0, 0.05) is 0 Å². The van der Waals surface area contributed by atoms with Gasteiger partial charge in [0.1, 0.15) is 0 Å². The number of ether oxygens (including phenoxy) is 2. The number of esters is 1. The maximum absolute atomic E-state index is 12.1. The third kappa shape index (κ3) is 3.17. The van der Waals surface area contributed by atoms with Crippen molar-refractivity contribution in [1.29, 1.82) is 0 Å². The molecule has 1 unspecified atom stereocenters. The van der Waals surface area contributed by atoms with E-state index in [0.717, 1.165) is 14.2 Å². The molecule has 0 radical (unpaired) electrons. The number of halogens is 3. The van der Waals surface area contributed by atoms with Crippen LogP contribution in [0.15, 0.2) is 0 Å². The zero-order valence-corrected chi connectivity index (χ0v) is 7.66. The van der Waals surface area contributed by atoms with E-state index in [0.29, 0.717) is 0 Å². The van der Waals surface area contributed by atoms with E-state index in [-0.39, 0.29) is 0 Å². The van der Waals surface area contributed by atoms with Crippen LogP contribution in [0.2, 0.25) is 0 Å². The van der Waals surface area contributed by atoms with Gasteiger partial charge < -0.3 is 9.47 Å². The Balaban J connectivity index is 4.76. The largest absolute Gasteiger partial charge is 0.489 e. The van der Waals surface area contributed by atoms with Gasteiger partial charge in [0.25, 0.3) is 0 Å². The highest BCUT2D eigenvalue weighted by Gasteiger charge is 2.49. The second-order valence-corrected chi connectivity index (χ2v) is 2.42. The lowest BCUT2D eigenvalue weighted by Gasteiger charge is -2.17. The molecule has 7 heteroatoms. The van der Waals surface area contributed by atoms with Crippen LogP contribution in [0.25, 0.3) is 0 Å². The van der Waals surface area contributed by atoms with Gasteiger partial charge in [-0.25, -0.2) is 0 Å². The molecule has 0 rings (SSSR count). The van der Waals surface area contributed by atoms with E-state index in [1.54, 1.807) is 0 Å². The van der Waals surface area contributed by atoms with Crippen molar-refractivity contribution in [3.63, 3.8) is 0 Å². The van der Waals surface area contributed by atoms with Gasteiger partial charge in [-0.3, -0.25) is 4.79 Å². The second kappa shape index (κ2) is 4.40. The molecule has 0 N–H and O–H groups in total. The predicted molar refractivity (Wildman–Crippen MR) is 41.2 cm³/mol. The minimum absolute atomic E-state index is 0.847. The number of carbonyl (C=O) groups excluding carboxylic acids is 1. The predicted octanol–water partition coefficient (Wildman–Crippen LogP) is 1.31. The van der Waals surface area contributed by atoms with Gasteiger partial charge >= 0.3 is 12.1 Å². The molecule has 0 aliphatic rings. The molecule has 0 aromatic carbocycles. The van der Waals surface area contributed by atoms with Gasteiger partial charge in [-0.1, -0.05) is 0 Å². The Hall–Kier alpha value is -0.850. The van der Waals surface area contributed by atoms with E-state index in [9.17, 15) is 18.0 Å². The van der Waals surface area contributed by atoms with Crippen LogP contribution in [-0.2, 0) is 14.3 Å². The smallest absolute Gasteiger partial charge is 0.410 e. The summed E-state index contributed by atoms with van der Waals surface area (Å²) < 4.78 is 44.5. The summed E-state index contributed by atoms with van der Waals surface area (Å²) in [4.78, 5) is 10.6. The standard InChI is InChI=1S/C6H7F3O3S/c1-11-4(10)3(5(13)12-2)6(7,8)9/h3H,1-2H3. The molecule has 76 valence electrons. The van der Waals surface area contributed by atoms with Gasteiger partial charge in [-0.2, -0.15) is 13.2 Å². The quantitative estimate of drug-likeness (QED) is 0.515. The summed E-state index contributed by atoms with van der Waals surface area (Å²) in [6.45, 7) is 0. The minimum atomic E-state index is -4.78. The Morgan fingerprint density at radius 2 is 1.77 bits per heavy atom. The number of hydrogen-bond donors (Lipinski definition) is 0. The van der Waals surface area contributed by atoms with Gasteiger partial charge in [-0.05, 0) is 12.2 Å². The minimum Gasteiger partial charge on any atom is -0.489 e. The monoisotopic (exact) mass is 216 g/mol. The topological polar surface area (TPSA) is 35.5 Å². The van der Waals surface area contributed by atoms with Crippen LogP contribution in [0.1, 0.15) is 0 Å². The highest BCUT2D eigenvalue weighted by molar-refractivity contribution is 7.80. The van der Waals surface area contributed by atoms with Crippen molar-refractivity contribution in [2.75, 3.05) is 14.2 Å². The molecular weight excluding hydrogens is 209 g/mol. The van der Waals surface area contributed by atoms with E-state index < -0.39 is 23.1 Å². The van der Waals surface area contributed by atoms with Crippen molar-refractivity contribution < 1.29 is 27.4 Å². The summed E-state index contributed by atoms with van der Waals surface area (Å²) in [5.41, 5.74) is 0. The number of hydrogen-bond acceptors (Lipinski definition) is 4. The highest BCUT2D eigenvalue weighted by atomic mass is 32.1. The van der Waals surface area contributed by atoms with Crippen LogP contribution in [-0.4, -0.2) is 31.4 Å². The van der Waals surface area contributed by atoms with Crippen LogP contribution in [0.5, 0.6) is 0 Å². The summed E-state index contributed by atoms with van der Waals surface area (Å²) in [5, 5.41) is -0.848. The molecule has 3 nitrogen and oxygen atoms in total. The lowest BCUT2D eigenvalue weighted by atomic mass is 10.1. The first kappa shape index (κ1) is 12.2. The Morgan fingerprint density at radius 1 is 1.31 bits per heavy atom. The molecule has 1 atom stereocenters. The third-order valence-corrected chi connectivity index (χ3v) is 1.60. The summed E-state index contributed by atoms with van der Waals surface area (Å²) in [6.07, 6.45) is -4.78. The molecule has 0 spiro atoms. The number of alkyl halides is 3. The fraction of sp³-hybridized carbons (Fsp3) is 0.667. The highest BCUT2D eigenvalue weighted by Crippen LogP contribution is 2.28. The second-order valence-electron chi connectivity index (χ2n) is 2.02. The Kier molecular flexibility index (Phi) is 4.12. The summed E-state index contributed by atoms with van der Waals surface area (Å²) in [7, 11) is 1.81. The zero-order chi connectivity index (χ0) is 10.6. The van der Waals surface area contributed by atoms with Crippen LogP contribution in [0.3, 0.4) is 0 Å². The van der Waals surface area contributed by atoms with E-state index in [2.05, 4.69) is 21.7 Å². The molecule has 0 aromatic heterocycles. The van der Waals surface area contributed by atoms with Gasteiger partial charge in [0.15, 0.2) is 5.05 Å². The molecule has 0 heterocycles. The Labute approximate surface area is 77.8 Å². The normalized spacial score (nSPS) is 13.3. The van der Waals surface area contributed by atoms with Crippen LogP contribution in [0.4, 0.5) is 13.2 Å². The van der Waals surface area contributed by atoms with Crippen molar-refractivity contribution in [3.8, 4) is 0 Å². The number of thiocarbonyl (C=S) groups is 1. The van der Waals surface area contributed by atoms with Gasteiger partial charge in [-0.15, -0.1) is 0 Å². The van der Waals surface area contributed by atoms with E-state index in [1.165, 1.54) is 0 Å². The van der Waals surface area contributed by atoms with Gasteiger partial charge in [0.05, 0.1) is 14.2 Å². The fourth-order valence-corrected chi connectivity index (χ4v) is 0.829. The van der Waals surface area contributed by atoms with Crippen LogP contribution in [0, 0.1) is 5.92 Å². The first-order valence-corrected chi connectivity index (χ1v) is 3.47. The molecular formula is C6H7F3O3S. The molecule has 0 aliphatic heterocycles. The first-order valence-electron chi connectivity index (χ1n) is 3.07.